The maximum Gasteiger partial charge on any atom is 0.130 e. The van der Waals surface area contributed by atoms with Crippen molar-refractivity contribution < 1.29 is 9.47 Å². The summed E-state index contributed by atoms with van der Waals surface area (Å²) in [6, 6.07) is 8.47. The molecular weight excluding hydrogens is 286 g/mol. The van der Waals surface area contributed by atoms with Crippen LogP contribution in [0, 0.1) is 6.92 Å². The van der Waals surface area contributed by atoms with Crippen molar-refractivity contribution >= 4 is 16.5 Å². The minimum Gasteiger partial charge on any atom is -0.496 e. The molecule has 0 radical (unpaired) electrons. The number of benzene rings is 1. The predicted molar refractivity (Wildman–Crippen MR) is 94.9 cm³/mol. The molecule has 1 saturated heterocycles. The normalized spacial score (nSPS) is 22.3. The zero-order valence-corrected chi connectivity index (χ0v) is 14.4. The summed E-state index contributed by atoms with van der Waals surface area (Å²) in [5, 5.41) is 1.08. The molecule has 2 atom stereocenters. The van der Waals surface area contributed by atoms with E-state index in [0.29, 0.717) is 12.2 Å². The Morgan fingerprint density at radius 2 is 2.00 bits per heavy atom. The van der Waals surface area contributed by atoms with Crippen molar-refractivity contribution in [3.05, 3.63) is 41.6 Å². The second-order valence-electron chi connectivity index (χ2n) is 5.97. The van der Waals surface area contributed by atoms with Crippen LogP contribution in [0.2, 0.25) is 0 Å². The van der Waals surface area contributed by atoms with E-state index >= 15 is 0 Å². The van der Waals surface area contributed by atoms with E-state index in [4.69, 9.17) is 9.47 Å². The fraction of sp³-hybridized carbons (Fsp3) is 0.450. The third-order valence-corrected chi connectivity index (χ3v) is 4.46. The Morgan fingerprint density at radius 3 is 2.74 bits per heavy atom. The van der Waals surface area contributed by atoms with Crippen LogP contribution in [-0.2, 0) is 4.74 Å². The highest BCUT2D eigenvalue weighted by Crippen LogP contribution is 2.37. The van der Waals surface area contributed by atoms with Gasteiger partial charge in [-0.1, -0.05) is 26.0 Å². The van der Waals surface area contributed by atoms with Gasteiger partial charge >= 0.3 is 0 Å². The number of rotatable bonds is 2. The molecule has 2 aliphatic rings. The molecule has 0 N–H and O–H groups in total. The number of pyridine rings is 1. The Hall–Kier alpha value is -1.87. The largest absolute Gasteiger partial charge is 0.496 e. The number of aryl methyl sites for hydroxylation is 1. The maximum atomic E-state index is 5.88. The fourth-order valence-corrected chi connectivity index (χ4v) is 3.45. The topological polar surface area (TPSA) is 31.4 Å². The number of aromatic nitrogens is 1. The van der Waals surface area contributed by atoms with Crippen LogP contribution in [0.15, 0.2) is 30.3 Å². The van der Waals surface area contributed by atoms with Crippen LogP contribution < -0.4 is 4.74 Å². The minimum atomic E-state index is 0.312. The van der Waals surface area contributed by atoms with Crippen molar-refractivity contribution in [1.29, 1.82) is 0 Å². The number of hydrogen-bond acceptors (Lipinski definition) is 3. The molecule has 1 unspecified atom stereocenters. The third-order valence-electron chi connectivity index (χ3n) is 4.46. The monoisotopic (exact) mass is 311 g/mol. The minimum absolute atomic E-state index is 0.312. The molecule has 2 aliphatic heterocycles. The van der Waals surface area contributed by atoms with Crippen molar-refractivity contribution in [2.45, 2.75) is 52.2 Å². The lowest BCUT2D eigenvalue weighted by Crippen LogP contribution is -2.15. The molecule has 0 aliphatic carbocycles. The van der Waals surface area contributed by atoms with Gasteiger partial charge in [-0.25, -0.2) is 0 Å². The van der Waals surface area contributed by atoms with Gasteiger partial charge in [-0.2, -0.15) is 0 Å². The summed E-state index contributed by atoms with van der Waals surface area (Å²) in [6.45, 7) is 5.99. The number of nitrogens with zero attached hydrogens (tertiary/aromatic N) is 1. The average Bonchev–Trinajstić information content (AvgIpc) is 2.93. The molecule has 1 aromatic heterocycles. The van der Waals surface area contributed by atoms with E-state index in [1.807, 2.05) is 26.8 Å². The highest BCUT2D eigenvalue weighted by atomic mass is 16.5. The summed E-state index contributed by atoms with van der Waals surface area (Å²) in [7, 11) is 1.72. The summed E-state index contributed by atoms with van der Waals surface area (Å²) >= 11 is 0. The number of fused-ring (bicyclic) bond motifs is 3. The standard InChI is InChI=1S/C18H19NO2.C2H6/c1-11-7-18(20-2)16-10-12(3-6-17(16)19-11)13-8-14-4-5-15(9-13)21-14;1-2/h3,6-8,10,14-15H,4-5,9H2,1-2H3;1-2H3/t14?,15-;/m1./s1. The molecule has 122 valence electrons. The average molecular weight is 311 g/mol. The summed E-state index contributed by atoms with van der Waals surface area (Å²) < 4.78 is 11.4. The van der Waals surface area contributed by atoms with Crippen LogP contribution in [0.3, 0.4) is 0 Å². The zero-order valence-electron chi connectivity index (χ0n) is 14.4. The first kappa shape index (κ1) is 16.0. The Labute approximate surface area is 138 Å². The van der Waals surface area contributed by atoms with Gasteiger partial charge in [0, 0.05) is 17.1 Å². The van der Waals surface area contributed by atoms with Crippen molar-refractivity contribution in [3.8, 4) is 5.75 Å². The van der Waals surface area contributed by atoms with Crippen LogP contribution in [-0.4, -0.2) is 24.3 Å². The molecule has 0 spiro atoms. The van der Waals surface area contributed by atoms with Crippen LogP contribution in [0.1, 0.15) is 44.4 Å². The Kier molecular flexibility index (Phi) is 4.67. The van der Waals surface area contributed by atoms with Crippen LogP contribution in [0.25, 0.3) is 16.5 Å². The quantitative estimate of drug-likeness (QED) is 0.789. The van der Waals surface area contributed by atoms with Crippen LogP contribution in [0.4, 0.5) is 0 Å². The van der Waals surface area contributed by atoms with Crippen molar-refractivity contribution in [2.75, 3.05) is 7.11 Å². The summed E-state index contributed by atoms with van der Waals surface area (Å²) in [5.41, 5.74) is 4.64. The van der Waals surface area contributed by atoms with Crippen molar-refractivity contribution in [1.82, 2.24) is 4.98 Å². The SMILES string of the molecule is CC.COc1cc(C)nc2ccc(C3=CC4CC[C@H](C3)O4)cc12. The van der Waals surface area contributed by atoms with E-state index in [-0.39, 0.29) is 0 Å². The first-order valence-electron chi connectivity index (χ1n) is 8.55. The third kappa shape index (κ3) is 3.11. The van der Waals surface area contributed by atoms with E-state index in [9.17, 15) is 0 Å². The van der Waals surface area contributed by atoms with E-state index in [1.165, 1.54) is 17.6 Å². The second-order valence-corrected chi connectivity index (χ2v) is 5.97. The Balaban J connectivity index is 0.000000753. The lowest BCUT2D eigenvalue weighted by molar-refractivity contribution is 0.0671. The Bertz CT molecular complexity index is 736. The molecule has 3 nitrogen and oxygen atoms in total. The van der Waals surface area contributed by atoms with Gasteiger partial charge in [0.15, 0.2) is 0 Å². The van der Waals surface area contributed by atoms with Gasteiger partial charge in [-0.05, 0) is 49.5 Å². The summed E-state index contributed by atoms with van der Waals surface area (Å²) in [6.07, 6.45) is 6.37. The second kappa shape index (κ2) is 6.71. The molecule has 1 aromatic carbocycles. The number of ether oxygens (including phenoxy) is 2. The van der Waals surface area contributed by atoms with Crippen LogP contribution >= 0.6 is 0 Å². The molecular formula is C20H25NO2. The lowest BCUT2D eigenvalue weighted by Gasteiger charge is -2.21. The van der Waals surface area contributed by atoms with E-state index in [2.05, 4.69) is 29.3 Å². The predicted octanol–water partition coefficient (Wildman–Crippen LogP) is 4.91. The van der Waals surface area contributed by atoms with Gasteiger partial charge in [0.1, 0.15) is 5.75 Å². The molecule has 2 aromatic rings. The zero-order chi connectivity index (χ0) is 16.4. The molecule has 2 bridgehead atoms. The van der Waals surface area contributed by atoms with Crippen molar-refractivity contribution in [3.63, 3.8) is 0 Å². The highest BCUT2D eigenvalue weighted by Gasteiger charge is 2.29. The molecule has 0 amide bonds. The molecule has 3 heterocycles. The summed E-state index contributed by atoms with van der Waals surface area (Å²) in [4.78, 5) is 4.59. The lowest BCUT2D eigenvalue weighted by atomic mass is 9.96. The molecule has 3 heteroatoms. The molecule has 23 heavy (non-hydrogen) atoms. The van der Waals surface area contributed by atoms with E-state index in [0.717, 1.165) is 35.2 Å². The Morgan fingerprint density at radius 1 is 1.17 bits per heavy atom. The fourth-order valence-electron chi connectivity index (χ4n) is 3.45. The van der Waals surface area contributed by atoms with E-state index < -0.39 is 0 Å². The molecule has 4 rings (SSSR count). The first-order chi connectivity index (χ1) is 11.2. The molecule has 0 saturated carbocycles. The first-order valence-corrected chi connectivity index (χ1v) is 8.55. The van der Waals surface area contributed by atoms with Gasteiger partial charge in [0.25, 0.3) is 0 Å². The number of methoxy groups -OCH3 is 1. The van der Waals surface area contributed by atoms with Gasteiger partial charge in [-0.3, -0.25) is 4.98 Å². The van der Waals surface area contributed by atoms with Gasteiger partial charge in [0.05, 0.1) is 24.8 Å². The smallest absolute Gasteiger partial charge is 0.130 e. The van der Waals surface area contributed by atoms with Crippen molar-refractivity contribution in [2.24, 2.45) is 0 Å². The van der Waals surface area contributed by atoms with Gasteiger partial charge in [0.2, 0.25) is 0 Å². The van der Waals surface area contributed by atoms with Gasteiger partial charge < -0.3 is 9.47 Å². The van der Waals surface area contributed by atoms with Crippen LogP contribution in [0.5, 0.6) is 5.75 Å². The summed E-state index contributed by atoms with van der Waals surface area (Å²) in [5.74, 6) is 0.898. The highest BCUT2D eigenvalue weighted by molar-refractivity contribution is 5.89. The molecule has 1 fully saturated rings. The van der Waals surface area contributed by atoms with E-state index in [1.54, 1.807) is 7.11 Å². The van der Waals surface area contributed by atoms with Gasteiger partial charge in [-0.15, -0.1) is 0 Å². The maximum absolute atomic E-state index is 5.88. The number of hydrogen-bond donors (Lipinski definition) is 0.